The number of hydrogen-bond acceptors (Lipinski definition) is 3. The monoisotopic (exact) mass is 273 g/mol. The van der Waals surface area contributed by atoms with E-state index in [0.29, 0.717) is 27.8 Å². The normalized spacial score (nSPS) is 14.0. The summed E-state index contributed by atoms with van der Waals surface area (Å²) in [6.07, 6.45) is 2.14. The first-order valence-corrected chi connectivity index (χ1v) is 6.45. The molecule has 3 nitrogen and oxygen atoms in total. The number of hydrogen-bond donors (Lipinski definition) is 2. The van der Waals surface area contributed by atoms with Crippen molar-refractivity contribution in [2.75, 3.05) is 11.9 Å². The van der Waals surface area contributed by atoms with E-state index in [4.69, 9.17) is 27.9 Å². The number of anilines is 1. The van der Waals surface area contributed by atoms with Crippen molar-refractivity contribution in [3.8, 4) is 0 Å². The molecule has 0 amide bonds. The zero-order valence-corrected chi connectivity index (χ0v) is 11.1. The Bertz CT molecular complexity index is 428. The molecule has 0 spiro atoms. The van der Waals surface area contributed by atoms with Crippen molar-refractivity contribution in [3.63, 3.8) is 0 Å². The standard InChI is InChI=1S/C11H14BCl2NO2/c1-2-3-4-15-11-8(13)5-7-6-17-12(16)9(7)10(11)14/h5,15-16H,2-4,6H2,1H3. The van der Waals surface area contributed by atoms with E-state index >= 15 is 0 Å². The summed E-state index contributed by atoms with van der Waals surface area (Å²) in [5.41, 5.74) is 2.17. The molecule has 1 aromatic rings. The lowest BCUT2D eigenvalue weighted by Gasteiger charge is -2.13. The van der Waals surface area contributed by atoms with Crippen LogP contribution in [0.5, 0.6) is 0 Å². The van der Waals surface area contributed by atoms with Crippen LogP contribution >= 0.6 is 23.2 Å². The van der Waals surface area contributed by atoms with E-state index in [0.717, 1.165) is 24.9 Å². The molecule has 0 aliphatic carbocycles. The van der Waals surface area contributed by atoms with Gasteiger partial charge in [0.05, 0.1) is 22.3 Å². The maximum Gasteiger partial charge on any atom is 0.493 e. The minimum atomic E-state index is -0.943. The summed E-state index contributed by atoms with van der Waals surface area (Å²) in [6.45, 7) is 3.28. The lowest BCUT2D eigenvalue weighted by Crippen LogP contribution is -2.29. The van der Waals surface area contributed by atoms with E-state index in [1.807, 2.05) is 0 Å². The van der Waals surface area contributed by atoms with Gasteiger partial charge in [-0.2, -0.15) is 0 Å². The lowest BCUT2D eigenvalue weighted by atomic mass is 9.79. The van der Waals surface area contributed by atoms with E-state index in [1.54, 1.807) is 6.07 Å². The fourth-order valence-electron chi connectivity index (χ4n) is 1.87. The topological polar surface area (TPSA) is 41.5 Å². The molecule has 0 unspecified atom stereocenters. The number of unbranched alkanes of at least 4 members (excludes halogenated alkanes) is 1. The average Bonchev–Trinajstić information content (AvgIpc) is 2.65. The van der Waals surface area contributed by atoms with Crippen molar-refractivity contribution in [1.82, 2.24) is 0 Å². The van der Waals surface area contributed by atoms with Crippen molar-refractivity contribution < 1.29 is 9.68 Å². The second kappa shape index (κ2) is 5.48. The van der Waals surface area contributed by atoms with Crippen molar-refractivity contribution >= 4 is 41.5 Å². The van der Waals surface area contributed by atoms with Crippen LogP contribution in [0.2, 0.25) is 10.0 Å². The lowest BCUT2D eigenvalue weighted by molar-refractivity contribution is 0.275. The third-order valence-electron chi connectivity index (χ3n) is 2.82. The molecule has 0 bridgehead atoms. The molecule has 0 aromatic heterocycles. The van der Waals surface area contributed by atoms with Crippen molar-refractivity contribution in [3.05, 3.63) is 21.7 Å². The number of fused-ring (bicyclic) bond motifs is 1. The predicted molar refractivity (Wildman–Crippen MR) is 72.3 cm³/mol. The molecule has 0 saturated heterocycles. The van der Waals surface area contributed by atoms with Gasteiger partial charge < -0.3 is 15.0 Å². The Labute approximate surface area is 111 Å². The van der Waals surface area contributed by atoms with Gasteiger partial charge in [0, 0.05) is 12.0 Å². The largest absolute Gasteiger partial charge is 0.493 e. The van der Waals surface area contributed by atoms with Crippen molar-refractivity contribution in [2.24, 2.45) is 0 Å². The molecule has 1 aliphatic rings. The smallest absolute Gasteiger partial charge is 0.423 e. The van der Waals surface area contributed by atoms with E-state index in [9.17, 15) is 5.02 Å². The molecule has 1 heterocycles. The van der Waals surface area contributed by atoms with Gasteiger partial charge in [-0.05, 0) is 18.1 Å². The third-order valence-corrected chi connectivity index (χ3v) is 3.51. The van der Waals surface area contributed by atoms with Crippen LogP contribution < -0.4 is 10.8 Å². The summed E-state index contributed by atoms with van der Waals surface area (Å²) in [6, 6.07) is 1.80. The van der Waals surface area contributed by atoms with Crippen LogP contribution in [0.25, 0.3) is 0 Å². The highest BCUT2D eigenvalue weighted by atomic mass is 35.5. The van der Waals surface area contributed by atoms with Gasteiger partial charge in [-0.25, -0.2) is 0 Å². The maximum atomic E-state index is 9.67. The van der Waals surface area contributed by atoms with Crippen LogP contribution in [-0.4, -0.2) is 18.7 Å². The molecule has 6 heteroatoms. The minimum Gasteiger partial charge on any atom is -0.423 e. The fraction of sp³-hybridized carbons (Fsp3) is 0.455. The zero-order valence-electron chi connectivity index (χ0n) is 9.59. The molecule has 0 saturated carbocycles. The summed E-state index contributed by atoms with van der Waals surface area (Å²) in [5.74, 6) is 0. The zero-order chi connectivity index (χ0) is 12.4. The summed E-state index contributed by atoms with van der Waals surface area (Å²) in [4.78, 5) is 0. The number of nitrogens with one attached hydrogen (secondary N) is 1. The molecule has 17 heavy (non-hydrogen) atoms. The molecule has 0 radical (unpaired) electrons. The van der Waals surface area contributed by atoms with Gasteiger partial charge in [0.15, 0.2) is 0 Å². The average molecular weight is 274 g/mol. The highest BCUT2D eigenvalue weighted by Gasteiger charge is 2.32. The highest BCUT2D eigenvalue weighted by molar-refractivity contribution is 6.66. The molecule has 1 aromatic carbocycles. The van der Waals surface area contributed by atoms with Crippen LogP contribution in [-0.2, 0) is 11.3 Å². The minimum absolute atomic E-state index is 0.352. The molecule has 2 rings (SSSR count). The molecule has 0 fully saturated rings. The second-order valence-electron chi connectivity index (χ2n) is 4.06. The van der Waals surface area contributed by atoms with Gasteiger partial charge in [-0.15, -0.1) is 0 Å². The molecule has 1 aliphatic heterocycles. The Hall–Kier alpha value is -0.415. The second-order valence-corrected chi connectivity index (χ2v) is 4.85. The Balaban J connectivity index is 2.30. The van der Waals surface area contributed by atoms with Crippen LogP contribution in [0.1, 0.15) is 25.3 Å². The Morgan fingerprint density at radius 2 is 2.29 bits per heavy atom. The van der Waals surface area contributed by atoms with E-state index in [1.165, 1.54) is 0 Å². The fourth-order valence-corrected chi connectivity index (χ4v) is 2.60. The number of benzene rings is 1. The van der Waals surface area contributed by atoms with Gasteiger partial charge in [0.2, 0.25) is 0 Å². The predicted octanol–water partition coefficient (Wildman–Crippen LogP) is 2.42. The van der Waals surface area contributed by atoms with Gasteiger partial charge >= 0.3 is 7.12 Å². The van der Waals surface area contributed by atoms with Gasteiger partial charge in [-0.3, -0.25) is 0 Å². The molecule has 92 valence electrons. The highest BCUT2D eigenvalue weighted by Crippen LogP contribution is 2.32. The van der Waals surface area contributed by atoms with E-state index in [2.05, 4.69) is 12.2 Å². The molecule has 2 N–H and O–H groups in total. The van der Waals surface area contributed by atoms with Gasteiger partial charge in [0.1, 0.15) is 0 Å². The van der Waals surface area contributed by atoms with E-state index < -0.39 is 7.12 Å². The van der Waals surface area contributed by atoms with Gasteiger partial charge in [-0.1, -0.05) is 36.5 Å². The van der Waals surface area contributed by atoms with Crippen LogP contribution in [0.4, 0.5) is 5.69 Å². The molecule has 0 atom stereocenters. The Kier molecular flexibility index (Phi) is 4.20. The summed E-state index contributed by atoms with van der Waals surface area (Å²) >= 11 is 12.4. The van der Waals surface area contributed by atoms with Crippen molar-refractivity contribution in [2.45, 2.75) is 26.4 Å². The number of halogens is 2. The van der Waals surface area contributed by atoms with E-state index in [-0.39, 0.29) is 0 Å². The molecular formula is C11H14BCl2NO2. The SMILES string of the molecule is CCCCNc1c(Cl)cc2c(c1Cl)B(O)OC2. The van der Waals surface area contributed by atoms with Crippen LogP contribution in [0.3, 0.4) is 0 Å². The number of rotatable bonds is 4. The van der Waals surface area contributed by atoms with Crippen LogP contribution in [0.15, 0.2) is 6.07 Å². The maximum absolute atomic E-state index is 9.67. The van der Waals surface area contributed by atoms with Crippen LogP contribution in [0, 0.1) is 0 Å². The Morgan fingerprint density at radius 3 is 3.00 bits per heavy atom. The quantitative estimate of drug-likeness (QED) is 0.654. The third kappa shape index (κ3) is 2.55. The summed E-state index contributed by atoms with van der Waals surface area (Å²) in [7, 11) is -0.943. The van der Waals surface area contributed by atoms with Gasteiger partial charge in [0.25, 0.3) is 0 Å². The summed E-state index contributed by atoms with van der Waals surface area (Å²) < 4.78 is 5.12. The first kappa shape index (κ1) is 13.0. The Morgan fingerprint density at radius 1 is 1.53 bits per heavy atom. The first-order valence-electron chi connectivity index (χ1n) is 5.69. The summed E-state index contributed by atoms with van der Waals surface area (Å²) in [5, 5.41) is 13.9. The molecular weight excluding hydrogens is 260 g/mol. The van der Waals surface area contributed by atoms with Crippen molar-refractivity contribution in [1.29, 1.82) is 0 Å². The first-order chi connectivity index (χ1) is 8.15.